The van der Waals surface area contributed by atoms with E-state index >= 15 is 0 Å². The normalized spacial score (nSPS) is 11.9. The summed E-state index contributed by atoms with van der Waals surface area (Å²) in [7, 11) is 0. The van der Waals surface area contributed by atoms with Gasteiger partial charge in [0.1, 0.15) is 0 Å². The number of carbonyl (C=O) groups is 2. The first kappa shape index (κ1) is 25.4. The van der Waals surface area contributed by atoms with Gasteiger partial charge in [-0.3, -0.25) is 20.4 Å². The molecule has 2 N–H and O–H groups in total. The lowest BCUT2D eigenvalue weighted by Gasteiger charge is -2.16. The van der Waals surface area contributed by atoms with Crippen molar-refractivity contribution >= 4 is 55.4 Å². The van der Waals surface area contributed by atoms with Gasteiger partial charge in [-0.1, -0.05) is 72.8 Å². The third-order valence-electron chi connectivity index (χ3n) is 7.39. The Hall–Kier alpha value is -5.57. The fourth-order valence-corrected chi connectivity index (χ4v) is 5.64. The number of carbonyl (C=O) groups excluding carboxylic acids is 2. The molecule has 2 heterocycles. The maximum absolute atomic E-state index is 13.3. The van der Waals surface area contributed by atoms with Gasteiger partial charge < -0.3 is 9.13 Å². The van der Waals surface area contributed by atoms with Crippen LogP contribution in [-0.2, 0) is 4.79 Å². The number of alkyl halides is 3. The average molecular weight is 563 g/mol. The molecule has 0 unspecified atom stereocenters. The molecular formula is C33H21F3N4O2. The molecule has 206 valence electrons. The van der Waals surface area contributed by atoms with Crippen LogP contribution in [0.1, 0.15) is 10.4 Å². The van der Waals surface area contributed by atoms with E-state index in [9.17, 15) is 22.8 Å². The summed E-state index contributed by atoms with van der Waals surface area (Å²) in [6.07, 6.45) is -5.15. The number of hydrogen-bond donors (Lipinski definition) is 2. The quantitative estimate of drug-likeness (QED) is 0.224. The molecule has 5 aromatic carbocycles. The van der Waals surface area contributed by atoms with Gasteiger partial charge in [-0.25, -0.2) is 0 Å². The van der Waals surface area contributed by atoms with E-state index in [1.807, 2.05) is 118 Å². The Balaban J connectivity index is 1.49. The van der Waals surface area contributed by atoms with Crippen molar-refractivity contribution in [1.29, 1.82) is 0 Å². The minimum atomic E-state index is -5.15. The Bertz CT molecular complexity index is 1960. The molecule has 0 spiro atoms. The first-order chi connectivity index (χ1) is 20.3. The molecule has 0 saturated heterocycles. The van der Waals surface area contributed by atoms with Gasteiger partial charge in [0, 0.05) is 38.5 Å². The Morgan fingerprint density at radius 1 is 0.524 bits per heavy atom. The standard InChI is InChI=1S/C33H21F3N4O2/c34-33(35,36)32(42)38-37-31(41)20-17-21(39-27-13-5-1-9-23(27)24-10-2-6-14-28(24)39)19-22(18-20)40-29-15-7-3-11-25(29)26-12-4-8-16-30(26)40/h1-19H,(H,37,41)(H,38,42). The maximum atomic E-state index is 13.3. The summed E-state index contributed by atoms with van der Waals surface area (Å²) in [6, 6.07) is 36.7. The number of benzene rings is 5. The molecule has 0 radical (unpaired) electrons. The molecule has 2 aromatic heterocycles. The highest BCUT2D eigenvalue weighted by Gasteiger charge is 2.39. The molecule has 9 heteroatoms. The molecule has 0 bridgehead atoms. The van der Waals surface area contributed by atoms with Crippen molar-refractivity contribution in [2.24, 2.45) is 0 Å². The largest absolute Gasteiger partial charge is 0.472 e. The summed E-state index contributed by atoms with van der Waals surface area (Å²) < 4.78 is 42.5. The third-order valence-corrected chi connectivity index (χ3v) is 7.39. The van der Waals surface area contributed by atoms with Gasteiger partial charge in [0.05, 0.1) is 22.1 Å². The molecule has 0 atom stereocenters. The van der Waals surface area contributed by atoms with Crippen molar-refractivity contribution in [3.63, 3.8) is 0 Å². The highest BCUT2D eigenvalue weighted by Crippen LogP contribution is 2.36. The molecule has 0 aliphatic carbocycles. The SMILES string of the molecule is O=C(NNC(=O)C(F)(F)F)c1cc(-n2c3ccccc3c3ccccc32)cc(-n2c3ccccc3c3ccccc32)c1. The lowest BCUT2D eigenvalue weighted by Crippen LogP contribution is -2.47. The number of para-hydroxylation sites is 4. The smallest absolute Gasteiger partial charge is 0.309 e. The molecule has 0 aliphatic rings. The van der Waals surface area contributed by atoms with Crippen molar-refractivity contribution in [2.45, 2.75) is 6.18 Å². The minimum absolute atomic E-state index is 0.0636. The zero-order valence-corrected chi connectivity index (χ0v) is 21.8. The van der Waals surface area contributed by atoms with Gasteiger partial charge in [-0.05, 0) is 42.5 Å². The molecule has 0 saturated carbocycles. The van der Waals surface area contributed by atoms with Crippen LogP contribution in [0.5, 0.6) is 0 Å². The van der Waals surface area contributed by atoms with E-state index in [1.165, 1.54) is 5.43 Å². The lowest BCUT2D eigenvalue weighted by atomic mass is 10.1. The van der Waals surface area contributed by atoms with Crippen LogP contribution in [0, 0.1) is 0 Å². The fourth-order valence-electron chi connectivity index (χ4n) is 5.64. The van der Waals surface area contributed by atoms with Crippen LogP contribution in [0.2, 0.25) is 0 Å². The van der Waals surface area contributed by atoms with Crippen molar-refractivity contribution in [3.05, 3.63) is 121 Å². The van der Waals surface area contributed by atoms with Crippen LogP contribution in [0.25, 0.3) is 55.0 Å². The van der Waals surface area contributed by atoms with Gasteiger partial charge in [-0.15, -0.1) is 0 Å². The van der Waals surface area contributed by atoms with Crippen LogP contribution in [-0.4, -0.2) is 27.1 Å². The third kappa shape index (κ3) is 4.05. The van der Waals surface area contributed by atoms with E-state index in [2.05, 4.69) is 0 Å². The summed E-state index contributed by atoms with van der Waals surface area (Å²) in [5, 5.41) is 4.05. The number of aromatic nitrogens is 2. The molecule has 7 aromatic rings. The second kappa shape index (κ2) is 9.52. The van der Waals surface area contributed by atoms with Gasteiger partial charge >= 0.3 is 12.1 Å². The summed E-state index contributed by atoms with van der Waals surface area (Å²) in [6.45, 7) is 0. The van der Waals surface area contributed by atoms with E-state index in [1.54, 1.807) is 12.1 Å². The fraction of sp³-hybridized carbons (Fsp3) is 0.0303. The number of hydrogen-bond acceptors (Lipinski definition) is 2. The van der Waals surface area contributed by atoms with Crippen LogP contribution in [0.4, 0.5) is 13.2 Å². The van der Waals surface area contributed by atoms with Crippen molar-refractivity contribution < 1.29 is 22.8 Å². The van der Waals surface area contributed by atoms with E-state index in [0.29, 0.717) is 11.4 Å². The van der Waals surface area contributed by atoms with Crippen molar-refractivity contribution in [2.75, 3.05) is 0 Å². The number of nitrogens with one attached hydrogen (secondary N) is 2. The van der Waals surface area contributed by atoms with Gasteiger partial charge in [0.25, 0.3) is 5.91 Å². The van der Waals surface area contributed by atoms with E-state index in [-0.39, 0.29) is 5.56 Å². The predicted octanol–water partition coefficient (Wildman–Crippen LogP) is 7.20. The van der Waals surface area contributed by atoms with Gasteiger partial charge in [0.15, 0.2) is 0 Å². The molecule has 0 aliphatic heterocycles. The Kier molecular flexibility index (Phi) is 5.76. The monoisotopic (exact) mass is 562 g/mol. The summed E-state index contributed by atoms with van der Waals surface area (Å²) in [5.41, 5.74) is 8.30. The Morgan fingerprint density at radius 2 is 0.881 bits per heavy atom. The molecular weight excluding hydrogens is 541 g/mol. The van der Waals surface area contributed by atoms with Crippen molar-refractivity contribution in [3.8, 4) is 11.4 Å². The van der Waals surface area contributed by atoms with Gasteiger partial charge in [-0.2, -0.15) is 13.2 Å². The zero-order chi connectivity index (χ0) is 29.0. The number of amides is 2. The number of rotatable bonds is 3. The highest BCUT2D eigenvalue weighted by atomic mass is 19.4. The predicted molar refractivity (Wildman–Crippen MR) is 157 cm³/mol. The van der Waals surface area contributed by atoms with Gasteiger partial charge in [0.2, 0.25) is 0 Å². The first-order valence-electron chi connectivity index (χ1n) is 13.1. The molecule has 2 amide bonds. The topological polar surface area (TPSA) is 68.1 Å². The number of nitrogens with zero attached hydrogens (tertiary/aromatic N) is 2. The van der Waals surface area contributed by atoms with Crippen LogP contribution in [0.15, 0.2) is 115 Å². The van der Waals surface area contributed by atoms with E-state index in [4.69, 9.17) is 0 Å². The molecule has 6 nitrogen and oxygen atoms in total. The minimum Gasteiger partial charge on any atom is -0.309 e. The summed E-state index contributed by atoms with van der Waals surface area (Å²) in [4.78, 5) is 24.7. The Morgan fingerprint density at radius 3 is 1.24 bits per heavy atom. The van der Waals surface area contributed by atoms with E-state index in [0.717, 1.165) is 43.6 Å². The van der Waals surface area contributed by atoms with E-state index < -0.39 is 18.0 Å². The van der Waals surface area contributed by atoms with Crippen LogP contribution < -0.4 is 10.9 Å². The zero-order valence-electron chi connectivity index (χ0n) is 21.8. The maximum Gasteiger partial charge on any atom is 0.472 e. The Labute approximate surface area is 236 Å². The molecule has 0 fully saturated rings. The second-order valence-corrected chi connectivity index (χ2v) is 9.88. The molecule has 42 heavy (non-hydrogen) atoms. The summed E-state index contributed by atoms with van der Waals surface area (Å²) >= 11 is 0. The van der Waals surface area contributed by atoms with Crippen LogP contribution >= 0.6 is 0 Å². The number of fused-ring (bicyclic) bond motifs is 6. The highest BCUT2D eigenvalue weighted by molar-refractivity contribution is 6.11. The average Bonchev–Trinajstić information content (AvgIpc) is 3.52. The lowest BCUT2D eigenvalue weighted by molar-refractivity contribution is -0.174. The number of halogens is 3. The van der Waals surface area contributed by atoms with Crippen LogP contribution in [0.3, 0.4) is 0 Å². The van der Waals surface area contributed by atoms with Crippen molar-refractivity contribution in [1.82, 2.24) is 20.0 Å². The first-order valence-corrected chi connectivity index (χ1v) is 13.1. The summed E-state index contributed by atoms with van der Waals surface area (Å²) in [5.74, 6) is -3.16. The number of hydrazine groups is 1. The molecule has 7 rings (SSSR count). The second-order valence-electron chi connectivity index (χ2n) is 9.88.